The molecular formula is C13H17BrFN. The summed E-state index contributed by atoms with van der Waals surface area (Å²) in [5.74, 6) is -0.0991. The van der Waals surface area contributed by atoms with Gasteiger partial charge in [0.2, 0.25) is 0 Å². The van der Waals surface area contributed by atoms with E-state index in [2.05, 4.69) is 21.2 Å². The number of halogens is 2. The Hall–Kier alpha value is -0.410. The van der Waals surface area contributed by atoms with E-state index in [9.17, 15) is 4.39 Å². The second-order valence-electron chi connectivity index (χ2n) is 4.42. The van der Waals surface area contributed by atoms with Crippen LogP contribution in [0, 0.1) is 5.82 Å². The Balaban J connectivity index is 1.71. The maximum Gasteiger partial charge on any atom is 0.127 e. The molecular weight excluding hydrogens is 269 g/mol. The van der Waals surface area contributed by atoms with Crippen molar-refractivity contribution >= 4 is 15.9 Å². The molecule has 1 aromatic carbocycles. The Kier molecular flexibility index (Phi) is 4.36. The molecule has 1 aliphatic rings. The van der Waals surface area contributed by atoms with Gasteiger partial charge in [-0.15, -0.1) is 0 Å². The van der Waals surface area contributed by atoms with Crippen LogP contribution in [0.1, 0.15) is 31.2 Å². The van der Waals surface area contributed by atoms with Gasteiger partial charge in [0.1, 0.15) is 5.82 Å². The molecule has 0 atom stereocenters. The van der Waals surface area contributed by atoms with Crippen LogP contribution in [0.15, 0.2) is 22.7 Å². The van der Waals surface area contributed by atoms with Gasteiger partial charge in [-0.1, -0.05) is 28.4 Å². The minimum absolute atomic E-state index is 0.0991. The van der Waals surface area contributed by atoms with Gasteiger partial charge in [0.05, 0.1) is 0 Å². The number of aryl methyl sites for hydroxylation is 1. The van der Waals surface area contributed by atoms with Crippen molar-refractivity contribution in [2.75, 3.05) is 6.54 Å². The summed E-state index contributed by atoms with van der Waals surface area (Å²) in [4.78, 5) is 0. The Labute approximate surface area is 105 Å². The summed E-state index contributed by atoms with van der Waals surface area (Å²) in [5.41, 5.74) is 0.818. The number of benzene rings is 1. The van der Waals surface area contributed by atoms with Gasteiger partial charge in [-0.2, -0.15) is 0 Å². The summed E-state index contributed by atoms with van der Waals surface area (Å²) in [6.07, 6.45) is 5.81. The van der Waals surface area contributed by atoms with Crippen LogP contribution in [0.5, 0.6) is 0 Å². The highest BCUT2D eigenvalue weighted by Crippen LogP contribution is 2.18. The van der Waals surface area contributed by atoms with Gasteiger partial charge in [0, 0.05) is 10.5 Å². The van der Waals surface area contributed by atoms with Gasteiger partial charge >= 0.3 is 0 Å². The zero-order valence-electron chi connectivity index (χ0n) is 9.31. The second kappa shape index (κ2) is 5.78. The molecule has 0 bridgehead atoms. The van der Waals surface area contributed by atoms with E-state index in [1.165, 1.54) is 25.3 Å². The van der Waals surface area contributed by atoms with Crippen LogP contribution < -0.4 is 5.32 Å². The van der Waals surface area contributed by atoms with E-state index in [4.69, 9.17) is 0 Å². The van der Waals surface area contributed by atoms with E-state index in [-0.39, 0.29) is 5.82 Å². The lowest BCUT2D eigenvalue weighted by Gasteiger charge is -2.26. The fourth-order valence-electron chi connectivity index (χ4n) is 1.92. The van der Waals surface area contributed by atoms with Crippen LogP contribution >= 0.6 is 15.9 Å². The van der Waals surface area contributed by atoms with Crippen molar-refractivity contribution in [2.24, 2.45) is 0 Å². The first kappa shape index (κ1) is 12.1. The molecule has 0 aromatic heterocycles. The Morgan fingerprint density at radius 1 is 1.38 bits per heavy atom. The topological polar surface area (TPSA) is 12.0 Å². The molecule has 1 aromatic rings. The summed E-state index contributed by atoms with van der Waals surface area (Å²) in [5, 5.41) is 3.49. The molecule has 1 N–H and O–H groups in total. The second-order valence-corrected chi connectivity index (χ2v) is 5.34. The fourth-order valence-corrected chi connectivity index (χ4v) is 2.25. The van der Waals surface area contributed by atoms with Crippen LogP contribution in [0.2, 0.25) is 0 Å². The first-order valence-electron chi connectivity index (χ1n) is 5.93. The molecule has 16 heavy (non-hydrogen) atoms. The molecule has 0 spiro atoms. The lowest BCUT2D eigenvalue weighted by atomic mass is 9.93. The highest BCUT2D eigenvalue weighted by molar-refractivity contribution is 9.10. The van der Waals surface area contributed by atoms with E-state index in [1.807, 2.05) is 12.1 Å². The molecule has 1 aliphatic carbocycles. The molecule has 0 saturated heterocycles. The van der Waals surface area contributed by atoms with Crippen LogP contribution in [0.4, 0.5) is 4.39 Å². The molecule has 0 aliphatic heterocycles. The number of rotatable bonds is 5. The number of nitrogens with one attached hydrogen (secondary N) is 1. The fraction of sp³-hybridized carbons (Fsp3) is 0.538. The van der Waals surface area contributed by atoms with Gasteiger partial charge in [0.15, 0.2) is 0 Å². The molecule has 88 valence electrons. The zero-order valence-corrected chi connectivity index (χ0v) is 10.9. The largest absolute Gasteiger partial charge is 0.314 e. The van der Waals surface area contributed by atoms with Crippen molar-refractivity contribution in [1.82, 2.24) is 5.32 Å². The molecule has 3 heteroatoms. The van der Waals surface area contributed by atoms with Gasteiger partial charge in [-0.3, -0.25) is 0 Å². The van der Waals surface area contributed by atoms with E-state index in [0.717, 1.165) is 35.5 Å². The van der Waals surface area contributed by atoms with Crippen molar-refractivity contribution < 1.29 is 4.39 Å². The van der Waals surface area contributed by atoms with Crippen molar-refractivity contribution in [1.29, 1.82) is 0 Å². The van der Waals surface area contributed by atoms with Gasteiger partial charge in [-0.25, -0.2) is 4.39 Å². The molecule has 1 nitrogen and oxygen atoms in total. The van der Waals surface area contributed by atoms with Crippen LogP contribution in [-0.4, -0.2) is 12.6 Å². The van der Waals surface area contributed by atoms with Crippen LogP contribution in [0.25, 0.3) is 0 Å². The van der Waals surface area contributed by atoms with Crippen molar-refractivity contribution in [3.63, 3.8) is 0 Å². The zero-order chi connectivity index (χ0) is 11.4. The molecule has 1 saturated carbocycles. The summed E-state index contributed by atoms with van der Waals surface area (Å²) in [6.45, 7) is 1.00. The first-order chi connectivity index (χ1) is 7.75. The first-order valence-corrected chi connectivity index (χ1v) is 6.72. The average molecular weight is 286 g/mol. The smallest absolute Gasteiger partial charge is 0.127 e. The maximum absolute atomic E-state index is 13.5. The van der Waals surface area contributed by atoms with Gasteiger partial charge in [0.25, 0.3) is 0 Å². The Bertz CT molecular complexity index is 350. The molecule has 0 unspecified atom stereocenters. The van der Waals surface area contributed by atoms with Gasteiger partial charge < -0.3 is 5.32 Å². The highest BCUT2D eigenvalue weighted by Gasteiger charge is 2.15. The van der Waals surface area contributed by atoms with Crippen LogP contribution in [-0.2, 0) is 6.42 Å². The molecule has 0 radical (unpaired) electrons. The van der Waals surface area contributed by atoms with Crippen LogP contribution in [0.3, 0.4) is 0 Å². The minimum atomic E-state index is -0.0991. The quantitative estimate of drug-likeness (QED) is 0.814. The Morgan fingerprint density at radius 3 is 2.81 bits per heavy atom. The Morgan fingerprint density at radius 2 is 2.19 bits per heavy atom. The molecule has 0 heterocycles. The predicted molar refractivity (Wildman–Crippen MR) is 68.1 cm³/mol. The molecule has 0 amide bonds. The van der Waals surface area contributed by atoms with E-state index >= 15 is 0 Å². The lowest BCUT2D eigenvalue weighted by Crippen LogP contribution is -2.35. The number of hydrogen-bond donors (Lipinski definition) is 1. The van der Waals surface area contributed by atoms with Crippen molar-refractivity contribution in [3.8, 4) is 0 Å². The summed E-state index contributed by atoms with van der Waals surface area (Å²) >= 11 is 3.26. The maximum atomic E-state index is 13.5. The molecule has 2 rings (SSSR count). The minimum Gasteiger partial charge on any atom is -0.314 e. The lowest BCUT2D eigenvalue weighted by molar-refractivity contribution is 0.339. The predicted octanol–water partition coefficient (Wildman–Crippen LogP) is 3.66. The third-order valence-corrected chi connectivity index (χ3v) is 3.67. The standard InChI is InChI=1S/C13H17BrFN/c14-11-7-6-10(13(15)9-11)3-2-8-16-12-4-1-5-12/h6-7,9,12,16H,1-5,8H2. The third kappa shape index (κ3) is 3.29. The van der Waals surface area contributed by atoms with Gasteiger partial charge in [-0.05, 0) is 49.9 Å². The van der Waals surface area contributed by atoms with E-state index in [0.29, 0.717) is 0 Å². The molecule has 1 fully saturated rings. The summed E-state index contributed by atoms with van der Waals surface area (Å²) in [6, 6.07) is 6.03. The highest BCUT2D eigenvalue weighted by atomic mass is 79.9. The normalized spacial score (nSPS) is 16.1. The third-order valence-electron chi connectivity index (χ3n) is 3.18. The monoisotopic (exact) mass is 285 g/mol. The van der Waals surface area contributed by atoms with E-state index < -0.39 is 0 Å². The van der Waals surface area contributed by atoms with Crippen molar-refractivity contribution in [2.45, 2.75) is 38.1 Å². The van der Waals surface area contributed by atoms with Crippen molar-refractivity contribution in [3.05, 3.63) is 34.1 Å². The number of hydrogen-bond acceptors (Lipinski definition) is 1. The SMILES string of the molecule is Fc1cc(Br)ccc1CCCNC1CCC1. The summed E-state index contributed by atoms with van der Waals surface area (Å²) < 4.78 is 14.3. The van der Waals surface area contributed by atoms with E-state index in [1.54, 1.807) is 0 Å². The average Bonchev–Trinajstić information content (AvgIpc) is 2.18. The summed E-state index contributed by atoms with van der Waals surface area (Å²) in [7, 11) is 0.